The topological polar surface area (TPSA) is 118 Å². The molecule has 0 amide bonds. The third kappa shape index (κ3) is 2.80. The second kappa shape index (κ2) is 5.84. The van der Waals surface area contributed by atoms with Crippen molar-refractivity contribution >= 4 is 11.7 Å². The fourth-order valence-electron chi connectivity index (χ4n) is 2.25. The smallest absolute Gasteiger partial charge is 0.335 e. The van der Waals surface area contributed by atoms with Gasteiger partial charge in [-0.25, -0.2) is 9.48 Å². The summed E-state index contributed by atoms with van der Waals surface area (Å²) in [5.74, 6) is -1.05. The first-order valence-corrected chi connectivity index (χ1v) is 6.86. The molecule has 2 N–H and O–H groups in total. The van der Waals surface area contributed by atoms with E-state index in [1.807, 2.05) is 0 Å². The van der Waals surface area contributed by atoms with Gasteiger partial charge in [-0.2, -0.15) is 0 Å². The predicted molar refractivity (Wildman–Crippen MR) is 85.4 cm³/mol. The van der Waals surface area contributed by atoms with Crippen LogP contribution in [0.4, 0.5) is 5.69 Å². The van der Waals surface area contributed by atoms with Gasteiger partial charge in [-0.3, -0.25) is 20.0 Å². The monoisotopic (exact) mass is 325 g/mol. The van der Waals surface area contributed by atoms with Crippen LogP contribution in [0.2, 0.25) is 0 Å². The minimum absolute atomic E-state index is 0.0372. The number of carboxylic acid groups (broad SMARTS) is 1. The molecule has 0 aliphatic heterocycles. The summed E-state index contributed by atoms with van der Waals surface area (Å²) in [5.41, 5.74) is 1.36. The highest BCUT2D eigenvalue weighted by Crippen LogP contribution is 2.20. The zero-order valence-electron chi connectivity index (χ0n) is 12.2. The summed E-state index contributed by atoms with van der Waals surface area (Å²) in [5, 5.41) is 22.5. The number of H-pyrrole nitrogens is 1. The van der Waals surface area contributed by atoms with Crippen LogP contribution in [0.3, 0.4) is 0 Å². The van der Waals surface area contributed by atoms with Gasteiger partial charge in [0.15, 0.2) is 0 Å². The van der Waals surface area contributed by atoms with Gasteiger partial charge in [-0.1, -0.05) is 0 Å². The zero-order chi connectivity index (χ0) is 17.3. The molecule has 0 saturated heterocycles. The molecule has 8 heteroatoms. The molecular weight excluding hydrogens is 314 g/mol. The van der Waals surface area contributed by atoms with Gasteiger partial charge in [0.1, 0.15) is 0 Å². The molecule has 0 spiro atoms. The molecular formula is C16H11N3O5. The number of rotatable bonds is 4. The summed E-state index contributed by atoms with van der Waals surface area (Å²) in [4.78, 5) is 33.1. The van der Waals surface area contributed by atoms with E-state index in [1.54, 1.807) is 12.1 Å². The molecule has 0 aliphatic carbocycles. The van der Waals surface area contributed by atoms with Crippen LogP contribution in [0, 0.1) is 10.1 Å². The van der Waals surface area contributed by atoms with Gasteiger partial charge < -0.3 is 5.11 Å². The van der Waals surface area contributed by atoms with E-state index >= 15 is 0 Å². The van der Waals surface area contributed by atoms with Gasteiger partial charge in [-0.05, 0) is 36.4 Å². The highest BCUT2D eigenvalue weighted by atomic mass is 16.6. The van der Waals surface area contributed by atoms with Crippen molar-refractivity contribution < 1.29 is 14.8 Å². The quantitative estimate of drug-likeness (QED) is 0.564. The van der Waals surface area contributed by atoms with Crippen LogP contribution in [0.25, 0.3) is 16.9 Å². The maximum atomic E-state index is 12.1. The highest BCUT2D eigenvalue weighted by molar-refractivity contribution is 5.87. The number of aromatic nitrogens is 2. The minimum Gasteiger partial charge on any atom is -0.478 e. The molecule has 0 unspecified atom stereocenters. The molecule has 0 atom stereocenters. The van der Waals surface area contributed by atoms with Gasteiger partial charge in [0.05, 0.1) is 21.9 Å². The third-order valence-corrected chi connectivity index (χ3v) is 3.48. The Kier molecular flexibility index (Phi) is 3.70. The summed E-state index contributed by atoms with van der Waals surface area (Å²) in [7, 11) is 0. The summed E-state index contributed by atoms with van der Waals surface area (Å²) >= 11 is 0. The first-order valence-electron chi connectivity index (χ1n) is 6.86. The van der Waals surface area contributed by atoms with Crippen molar-refractivity contribution in [1.29, 1.82) is 0 Å². The Bertz CT molecular complexity index is 968. The number of benzene rings is 2. The fourth-order valence-corrected chi connectivity index (χ4v) is 2.25. The Balaban J connectivity index is 1.96. The van der Waals surface area contributed by atoms with Crippen LogP contribution in [0.5, 0.6) is 0 Å². The Hall–Kier alpha value is -3.68. The molecule has 8 nitrogen and oxygen atoms in total. The van der Waals surface area contributed by atoms with Crippen molar-refractivity contribution in [3.63, 3.8) is 0 Å². The first-order chi connectivity index (χ1) is 11.5. The normalized spacial score (nSPS) is 10.5. The molecule has 120 valence electrons. The van der Waals surface area contributed by atoms with Gasteiger partial charge in [0.2, 0.25) is 0 Å². The van der Waals surface area contributed by atoms with Crippen LogP contribution in [0.1, 0.15) is 10.4 Å². The largest absolute Gasteiger partial charge is 0.478 e. The number of carboxylic acids is 1. The molecule has 0 fully saturated rings. The first kappa shape index (κ1) is 15.2. The maximum Gasteiger partial charge on any atom is 0.335 e. The maximum absolute atomic E-state index is 12.1. The predicted octanol–water partition coefficient (Wildman–Crippen LogP) is 2.44. The fraction of sp³-hybridized carbons (Fsp3) is 0. The number of nitrogens with zero attached hydrogens (tertiary/aromatic N) is 2. The number of hydrogen-bond donors (Lipinski definition) is 2. The van der Waals surface area contributed by atoms with Crippen molar-refractivity contribution in [3.05, 3.63) is 80.6 Å². The van der Waals surface area contributed by atoms with Crippen molar-refractivity contribution in [2.45, 2.75) is 0 Å². The molecule has 0 aliphatic rings. The number of aromatic carboxylic acids is 1. The Morgan fingerprint density at radius 1 is 1.08 bits per heavy atom. The van der Waals surface area contributed by atoms with E-state index < -0.39 is 10.9 Å². The Labute approximate surface area is 134 Å². The summed E-state index contributed by atoms with van der Waals surface area (Å²) < 4.78 is 1.27. The van der Waals surface area contributed by atoms with Gasteiger partial charge >= 0.3 is 5.97 Å². The summed E-state index contributed by atoms with van der Waals surface area (Å²) in [6.45, 7) is 0. The molecule has 1 heterocycles. The van der Waals surface area contributed by atoms with E-state index in [0.717, 1.165) is 0 Å². The number of carbonyl (C=O) groups is 1. The van der Waals surface area contributed by atoms with Crippen molar-refractivity contribution in [1.82, 2.24) is 9.78 Å². The molecule has 0 saturated carbocycles. The average molecular weight is 325 g/mol. The average Bonchev–Trinajstić information content (AvgIpc) is 2.97. The van der Waals surface area contributed by atoms with E-state index in [-0.39, 0.29) is 16.8 Å². The molecule has 3 rings (SSSR count). The van der Waals surface area contributed by atoms with Gasteiger partial charge in [-0.15, -0.1) is 0 Å². The molecule has 3 aromatic rings. The van der Waals surface area contributed by atoms with E-state index in [4.69, 9.17) is 5.11 Å². The number of aromatic amines is 1. The van der Waals surface area contributed by atoms with Crippen molar-refractivity contribution in [2.75, 3.05) is 0 Å². The third-order valence-electron chi connectivity index (χ3n) is 3.48. The Morgan fingerprint density at radius 3 is 2.25 bits per heavy atom. The van der Waals surface area contributed by atoms with Crippen LogP contribution < -0.4 is 5.56 Å². The highest BCUT2D eigenvalue weighted by Gasteiger charge is 2.10. The van der Waals surface area contributed by atoms with Gasteiger partial charge in [0.25, 0.3) is 11.2 Å². The van der Waals surface area contributed by atoms with E-state index in [9.17, 15) is 19.7 Å². The minimum atomic E-state index is -1.05. The molecule has 24 heavy (non-hydrogen) atoms. The van der Waals surface area contributed by atoms with E-state index in [1.165, 1.54) is 47.1 Å². The van der Waals surface area contributed by atoms with Crippen LogP contribution in [0.15, 0.2) is 59.4 Å². The summed E-state index contributed by atoms with van der Waals surface area (Å²) in [6.07, 6.45) is 0. The van der Waals surface area contributed by atoms with E-state index in [0.29, 0.717) is 16.9 Å². The summed E-state index contributed by atoms with van der Waals surface area (Å²) in [6, 6.07) is 13.0. The van der Waals surface area contributed by atoms with Gasteiger partial charge in [0, 0.05) is 23.8 Å². The Morgan fingerprint density at radius 2 is 1.71 bits per heavy atom. The van der Waals surface area contributed by atoms with Crippen LogP contribution >= 0.6 is 0 Å². The standard InChI is InChI=1S/C16H11N3O5/c20-15-9-14(10-1-7-13(8-2-10)19(23)24)17-18(15)12-5-3-11(4-6-12)16(21)22/h1-9,17H,(H,21,22). The second-order valence-electron chi connectivity index (χ2n) is 5.00. The van der Waals surface area contributed by atoms with Crippen LogP contribution in [-0.4, -0.2) is 25.8 Å². The van der Waals surface area contributed by atoms with E-state index in [2.05, 4.69) is 5.10 Å². The van der Waals surface area contributed by atoms with Crippen molar-refractivity contribution in [3.8, 4) is 16.9 Å². The van der Waals surface area contributed by atoms with Crippen molar-refractivity contribution in [2.24, 2.45) is 0 Å². The molecule has 1 aromatic heterocycles. The lowest BCUT2D eigenvalue weighted by Crippen LogP contribution is -2.13. The number of nitrogens with one attached hydrogen (secondary N) is 1. The number of nitro benzene ring substituents is 1. The number of non-ortho nitro benzene ring substituents is 1. The number of nitro groups is 1. The molecule has 0 radical (unpaired) electrons. The SMILES string of the molecule is O=C(O)c1ccc(-n2[nH]c(-c3ccc([N+](=O)[O-])cc3)cc2=O)cc1. The van der Waals surface area contributed by atoms with Crippen LogP contribution in [-0.2, 0) is 0 Å². The number of hydrogen-bond acceptors (Lipinski definition) is 4. The lowest BCUT2D eigenvalue weighted by atomic mass is 10.1. The second-order valence-corrected chi connectivity index (χ2v) is 5.00. The lowest BCUT2D eigenvalue weighted by molar-refractivity contribution is -0.384. The zero-order valence-corrected chi connectivity index (χ0v) is 12.2. The molecule has 2 aromatic carbocycles. The molecule has 0 bridgehead atoms. The lowest BCUT2D eigenvalue weighted by Gasteiger charge is -2.03.